The number of aliphatic hydroxyl groups excluding tert-OH is 1. The van der Waals surface area contributed by atoms with Gasteiger partial charge in [0.15, 0.2) is 0 Å². The van der Waals surface area contributed by atoms with Crippen LogP contribution in [-0.4, -0.2) is 88.1 Å². The Morgan fingerprint density at radius 2 is 1.87 bits per heavy atom. The summed E-state index contributed by atoms with van der Waals surface area (Å²) in [5, 5.41) is 12.1. The average Bonchev–Trinajstić information content (AvgIpc) is 3.67. The SMILES string of the molecule is C=CCCC(=O)NC[C@@H](OC(=O)[C@@H]1[C@@H]2CC[C@]3(O2)[C@H](C(=O)N(CC=C)C(C)(C)C)N(CCCCCCO)C(=O)[C@@H]13)c1ccccc1. The number of rotatable bonds is 17. The molecule has 3 saturated heterocycles. The maximum atomic E-state index is 14.5. The summed E-state index contributed by atoms with van der Waals surface area (Å²) in [5.41, 5.74) is -0.956. The molecule has 3 heterocycles. The van der Waals surface area contributed by atoms with E-state index in [9.17, 15) is 24.3 Å². The van der Waals surface area contributed by atoms with E-state index >= 15 is 0 Å². The Kier molecular flexibility index (Phi) is 11.8. The van der Waals surface area contributed by atoms with Gasteiger partial charge in [-0.1, -0.05) is 55.3 Å². The van der Waals surface area contributed by atoms with E-state index < -0.39 is 47.2 Å². The Labute approximate surface area is 273 Å². The standard InChI is InChI=1S/C36H51N3O7/c1-6-8-18-28(41)37-24-27(25-16-12-11-13-17-25)45-34(44)29-26-19-20-36(46-26)30(29)32(42)38(22-14-9-10-15-23-40)31(36)33(43)39(21-7-2)35(3,4)5/h6-7,11-13,16-17,26-27,29-31,40H,1-2,8-10,14-15,18-24H2,3-5H3,(H,37,41)/t26-,27+,29+,30+,31-,36+/m0/s1. The number of ether oxygens (including phenoxy) is 2. The molecule has 0 saturated carbocycles. The fourth-order valence-electron chi connectivity index (χ4n) is 7.30. The minimum absolute atomic E-state index is 0.0803. The van der Waals surface area contributed by atoms with Crippen LogP contribution >= 0.6 is 0 Å². The molecule has 10 nitrogen and oxygen atoms in total. The molecule has 1 aromatic rings. The third-order valence-electron chi connectivity index (χ3n) is 9.49. The number of fused-ring (bicyclic) bond motifs is 1. The van der Waals surface area contributed by atoms with Crippen molar-refractivity contribution in [1.82, 2.24) is 15.1 Å². The Morgan fingerprint density at radius 1 is 1.15 bits per heavy atom. The van der Waals surface area contributed by atoms with Gasteiger partial charge in [0.2, 0.25) is 17.7 Å². The summed E-state index contributed by atoms with van der Waals surface area (Å²) in [6, 6.07) is 8.33. The van der Waals surface area contributed by atoms with E-state index in [0.29, 0.717) is 45.2 Å². The van der Waals surface area contributed by atoms with Gasteiger partial charge in [-0.2, -0.15) is 0 Å². The first-order valence-electron chi connectivity index (χ1n) is 16.6. The van der Waals surface area contributed by atoms with Crippen molar-refractivity contribution in [3.8, 4) is 0 Å². The molecule has 3 fully saturated rings. The van der Waals surface area contributed by atoms with E-state index in [0.717, 1.165) is 18.4 Å². The van der Waals surface area contributed by atoms with Gasteiger partial charge in [-0.3, -0.25) is 19.2 Å². The van der Waals surface area contributed by atoms with Crippen LogP contribution in [0.1, 0.15) is 83.8 Å². The summed E-state index contributed by atoms with van der Waals surface area (Å²) >= 11 is 0. The molecule has 0 radical (unpaired) electrons. The van der Waals surface area contributed by atoms with Crippen LogP contribution in [0, 0.1) is 11.8 Å². The Hall–Kier alpha value is -3.50. The van der Waals surface area contributed by atoms with E-state index in [1.807, 2.05) is 51.1 Å². The van der Waals surface area contributed by atoms with Crippen molar-refractivity contribution < 1.29 is 33.8 Å². The number of esters is 1. The number of benzene rings is 1. The second-order valence-electron chi connectivity index (χ2n) is 13.6. The van der Waals surface area contributed by atoms with Crippen LogP contribution in [0.2, 0.25) is 0 Å². The molecular weight excluding hydrogens is 586 g/mol. The average molecular weight is 638 g/mol. The lowest BCUT2D eigenvalue weighted by Gasteiger charge is -2.42. The minimum Gasteiger partial charge on any atom is -0.455 e. The molecule has 2 bridgehead atoms. The molecular formula is C36H51N3O7. The summed E-state index contributed by atoms with van der Waals surface area (Å²) in [5.74, 6) is -2.93. The summed E-state index contributed by atoms with van der Waals surface area (Å²) in [6.45, 7) is 14.2. The molecule has 6 atom stereocenters. The summed E-state index contributed by atoms with van der Waals surface area (Å²) in [7, 11) is 0. The van der Waals surface area contributed by atoms with E-state index in [1.165, 1.54) is 0 Å². The molecule has 3 amide bonds. The minimum atomic E-state index is -1.14. The predicted octanol–water partition coefficient (Wildman–Crippen LogP) is 4.09. The topological polar surface area (TPSA) is 125 Å². The molecule has 0 aromatic heterocycles. The molecule has 4 rings (SSSR count). The molecule has 0 aliphatic carbocycles. The molecule has 3 aliphatic rings. The molecule has 3 aliphatic heterocycles. The number of hydrogen-bond acceptors (Lipinski definition) is 7. The normalized spacial score (nSPS) is 25.6. The predicted molar refractivity (Wildman–Crippen MR) is 174 cm³/mol. The van der Waals surface area contributed by atoms with Crippen LogP contribution in [0.3, 0.4) is 0 Å². The highest BCUT2D eigenvalue weighted by Crippen LogP contribution is 2.59. The maximum absolute atomic E-state index is 14.5. The van der Waals surface area contributed by atoms with Crippen LogP contribution in [0.5, 0.6) is 0 Å². The Morgan fingerprint density at radius 3 is 2.52 bits per heavy atom. The fourth-order valence-corrected chi connectivity index (χ4v) is 7.30. The second-order valence-corrected chi connectivity index (χ2v) is 13.6. The first kappa shape index (κ1) is 35.4. The Bertz CT molecular complexity index is 1260. The van der Waals surface area contributed by atoms with Crippen molar-refractivity contribution in [2.24, 2.45) is 11.8 Å². The number of nitrogens with zero attached hydrogens (tertiary/aromatic N) is 2. The number of amides is 3. The van der Waals surface area contributed by atoms with E-state index in [1.54, 1.807) is 22.0 Å². The Balaban J connectivity index is 1.62. The first-order valence-corrected chi connectivity index (χ1v) is 16.6. The van der Waals surface area contributed by atoms with Crippen LogP contribution in [0.15, 0.2) is 55.6 Å². The smallest absolute Gasteiger partial charge is 0.313 e. The summed E-state index contributed by atoms with van der Waals surface area (Å²) < 4.78 is 12.7. The van der Waals surface area contributed by atoms with Crippen LogP contribution < -0.4 is 5.32 Å². The molecule has 10 heteroatoms. The third-order valence-corrected chi connectivity index (χ3v) is 9.49. The van der Waals surface area contributed by atoms with Crippen molar-refractivity contribution in [3.63, 3.8) is 0 Å². The number of likely N-dealkylation sites (tertiary alicyclic amines) is 1. The maximum Gasteiger partial charge on any atom is 0.313 e. The van der Waals surface area contributed by atoms with Crippen molar-refractivity contribution in [2.75, 3.05) is 26.2 Å². The van der Waals surface area contributed by atoms with Gasteiger partial charge in [0.25, 0.3) is 0 Å². The largest absolute Gasteiger partial charge is 0.455 e. The molecule has 252 valence electrons. The molecule has 1 spiro atoms. The van der Waals surface area contributed by atoms with Gasteiger partial charge in [-0.15, -0.1) is 13.2 Å². The zero-order chi connectivity index (χ0) is 33.5. The third kappa shape index (κ3) is 7.39. The monoisotopic (exact) mass is 637 g/mol. The number of aliphatic hydroxyl groups is 1. The molecule has 46 heavy (non-hydrogen) atoms. The number of hydrogen-bond donors (Lipinski definition) is 2. The lowest BCUT2D eigenvalue weighted by Crippen LogP contribution is -2.59. The molecule has 2 N–H and O–H groups in total. The van der Waals surface area contributed by atoms with Crippen LogP contribution in [0.25, 0.3) is 0 Å². The zero-order valence-corrected chi connectivity index (χ0v) is 27.6. The first-order chi connectivity index (χ1) is 22.0. The van der Waals surface area contributed by atoms with Gasteiger partial charge in [-0.25, -0.2) is 0 Å². The van der Waals surface area contributed by atoms with E-state index in [-0.39, 0.29) is 37.3 Å². The number of unbranched alkanes of at least 4 members (excludes halogenated alkanes) is 3. The van der Waals surface area contributed by atoms with Gasteiger partial charge >= 0.3 is 5.97 Å². The number of allylic oxidation sites excluding steroid dienone is 1. The second kappa shape index (κ2) is 15.4. The van der Waals surface area contributed by atoms with Gasteiger partial charge in [-0.05, 0) is 58.4 Å². The lowest BCUT2D eigenvalue weighted by molar-refractivity contribution is -0.160. The quantitative estimate of drug-likeness (QED) is 0.150. The summed E-state index contributed by atoms with van der Waals surface area (Å²) in [6.07, 6.45) is 6.82. The highest BCUT2D eigenvalue weighted by Gasteiger charge is 2.75. The van der Waals surface area contributed by atoms with Crippen molar-refractivity contribution in [1.29, 1.82) is 0 Å². The van der Waals surface area contributed by atoms with Crippen LogP contribution in [-0.2, 0) is 28.7 Å². The van der Waals surface area contributed by atoms with Crippen molar-refractivity contribution in [2.45, 2.75) is 102 Å². The van der Waals surface area contributed by atoms with Gasteiger partial charge < -0.3 is 29.7 Å². The van der Waals surface area contributed by atoms with Gasteiger partial charge in [0.05, 0.1) is 24.5 Å². The van der Waals surface area contributed by atoms with Gasteiger partial charge in [0.1, 0.15) is 17.7 Å². The molecule has 0 unspecified atom stereocenters. The van der Waals surface area contributed by atoms with Crippen LogP contribution in [0.4, 0.5) is 0 Å². The lowest BCUT2D eigenvalue weighted by atomic mass is 9.70. The number of carbonyl (C=O) groups excluding carboxylic acids is 4. The fraction of sp³-hybridized carbons (Fsp3) is 0.611. The van der Waals surface area contributed by atoms with Crippen molar-refractivity contribution >= 4 is 23.7 Å². The van der Waals surface area contributed by atoms with Crippen molar-refractivity contribution in [3.05, 3.63) is 61.2 Å². The summed E-state index contributed by atoms with van der Waals surface area (Å²) in [4.78, 5) is 58.7. The number of carbonyl (C=O) groups is 4. The van der Waals surface area contributed by atoms with E-state index in [4.69, 9.17) is 9.47 Å². The van der Waals surface area contributed by atoms with Gasteiger partial charge in [0, 0.05) is 31.7 Å². The highest BCUT2D eigenvalue weighted by atomic mass is 16.6. The van der Waals surface area contributed by atoms with E-state index in [2.05, 4.69) is 18.5 Å². The zero-order valence-electron chi connectivity index (χ0n) is 27.6. The highest BCUT2D eigenvalue weighted by molar-refractivity contribution is 5.98. The molecule has 1 aromatic carbocycles. The number of nitrogens with one attached hydrogen (secondary N) is 1.